The van der Waals surface area contributed by atoms with Gasteiger partial charge in [-0.25, -0.2) is 9.48 Å². The fourth-order valence-electron chi connectivity index (χ4n) is 4.51. The van der Waals surface area contributed by atoms with Crippen molar-refractivity contribution in [3.8, 4) is 50.7 Å². The molecule has 0 saturated carbocycles. The number of phenols is 1. The number of phenolic OH excluding ortho intramolecular Hbond substituents is 1. The molecule has 0 saturated heterocycles. The number of rotatable bonds is 8. The zero-order valence-corrected chi connectivity index (χ0v) is 20.3. The number of carbonyl (C=O) groups is 1. The van der Waals surface area contributed by atoms with Crippen LogP contribution in [0.5, 0.6) is 11.5 Å². The second-order valence-corrected chi connectivity index (χ2v) is 8.58. The summed E-state index contributed by atoms with van der Waals surface area (Å²) < 4.78 is 7.42. The topological polar surface area (TPSA) is 84.6 Å². The van der Waals surface area contributed by atoms with Crippen molar-refractivity contribution in [2.24, 2.45) is 0 Å². The maximum absolute atomic E-state index is 11.0. The average Bonchev–Trinajstić information content (AvgIpc) is 3.32. The molecule has 0 spiro atoms. The monoisotopic (exact) mass is 506 g/mol. The molecule has 0 aliphatic carbocycles. The van der Waals surface area contributed by atoms with Crippen molar-refractivity contribution in [3.63, 3.8) is 0 Å². The third-order valence-electron chi connectivity index (χ3n) is 6.16. The summed E-state index contributed by atoms with van der Waals surface area (Å²) in [6.45, 7) is 1.71. The number of nitrogens with zero attached hydrogens (tertiary/aromatic N) is 2. The molecule has 38 heavy (non-hydrogen) atoms. The van der Waals surface area contributed by atoms with E-state index in [1.165, 1.54) is 0 Å². The summed E-state index contributed by atoms with van der Waals surface area (Å²) >= 11 is 0. The maximum Gasteiger partial charge on any atom is 0.341 e. The number of benzene rings is 4. The lowest BCUT2D eigenvalue weighted by atomic mass is 9.97. The minimum absolute atomic E-state index is 0. The number of hydrogen-bond donors (Lipinski definition) is 2. The number of hydrogen-bond acceptors (Lipinski definition) is 4. The first-order valence-corrected chi connectivity index (χ1v) is 12.1. The van der Waals surface area contributed by atoms with Gasteiger partial charge in [0.2, 0.25) is 0 Å². The van der Waals surface area contributed by atoms with Crippen molar-refractivity contribution in [1.82, 2.24) is 9.78 Å². The summed E-state index contributed by atoms with van der Waals surface area (Å²) in [6.07, 6.45) is 0.741. The number of aromatic hydroxyl groups is 1. The predicted molar refractivity (Wildman–Crippen MR) is 151 cm³/mol. The summed E-state index contributed by atoms with van der Waals surface area (Å²) in [4.78, 5) is 11.0. The fourth-order valence-corrected chi connectivity index (χ4v) is 4.51. The minimum atomic E-state index is -1.02. The summed E-state index contributed by atoms with van der Waals surface area (Å²) in [5.74, 6) is -0.332. The molecule has 0 aliphatic rings. The van der Waals surface area contributed by atoms with Crippen LogP contribution in [0.2, 0.25) is 0 Å². The summed E-state index contributed by atoms with van der Waals surface area (Å²) in [5, 5.41) is 24.0. The first-order chi connectivity index (χ1) is 18.0. The molecule has 6 heteroatoms. The Labute approximate surface area is 222 Å². The zero-order valence-electron chi connectivity index (χ0n) is 20.3. The molecule has 5 aromatic rings. The molecular weight excluding hydrogens is 476 g/mol. The Morgan fingerprint density at radius 3 is 2.24 bits per heavy atom. The van der Waals surface area contributed by atoms with Gasteiger partial charge in [0.25, 0.3) is 0 Å². The highest BCUT2D eigenvalue weighted by Crippen LogP contribution is 2.38. The number of ether oxygens (including phenoxy) is 1. The molecular formula is C32H30N2O4. The number of aromatic nitrogens is 2. The van der Waals surface area contributed by atoms with Crippen LogP contribution in [0.3, 0.4) is 0 Å². The zero-order chi connectivity index (χ0) is 25.8. The van der Waals surface area contributed by atoms with Crippen LogP contribution in [0.4, 0.5) is 0 Å². The van der Waals surface area contributed by atoms with Gasteiger partial charge in [-0.2, -0.15) is 5.10 Å². The Morgan fingerprint density at radius 2 is 1.53 bits per heavy atom. The molecule has 0 unspecified atom stereocenters. The van der Waals surface area contributed by atoms with Crippen LogP contribution >= 0.6 is 0 Å². The van der Waals surface area contributed by atoms with E-state index in [-0.39, 0.29) is 13.2 Å². The van der Waals surface area contributed by atoms with Crippen molar-refractivity contribution < 1.29 is 19.7 Å². The number of carboxylic acid groups (broad SMARTS) is 1. The Kier molecular flexibility index (Phi) is 7.92. The van der Waals surface area contributed by atoms with Crippen LogP contribution in [-0.2, 0) is 11.2 Å². The molecule has 0 atom stereocenters. The highest BCUT2D eigenvalue weighted by molar-refractivity contribution is 5.84. The van der Waals surface area contributed by atoms with Gasteiger partial charge in [0, 0.05) is 16.7 Å². The largest absolute Gasteiger partial charge is 0.508 e. The lowest BCUT2D eigenvalue weighted by Crippen LogP contribution is -2.09. The lowest BCUT2D eigenvalue weighted by molar-refractivity contribution is -0.139. The van der Waals surface area contributed by atoms with Gasteiger partial charge in [-0.1, -0.05) is 75.0 Å². The Hall–Kier alpha value is -4.84. The van der Waals surface area contributed by atoms with Gasteiger partial charge in [-0.15, -0.1) is 0 Å². The van der Waals surface area contributed by atoms with E-state index in [0.717, 1.165) is 51.3 Å². The first-order valence-electron chi connectivity index (χ1n) is 12.1. The SMILES string of the molecule is C.CCc1c(-c2ccccc2)c(-c2ccc(O)cc2)nn1-c1ccccc1-c1cccc(OCC(=O)O)c1. The minimum Gasteiger partial charge on any atom is -0.508 e. The highest BCUT2D eigenvalue weighted by Gasteiger charge is 2.22. The molecule has 5 rings (SSSR count). The van der Waals surface area contributed by atoms with Crippen LogP contribution in [0, 0.1) is 0 Å². The number of carboxylic acids is 1. The van der Waals surface area contributed by atoms with Crippen LogP contribution in [-0.4, -0.2) is 32.6 Å². The normalized spacial score (nSPS) is 10.6. The Bertz CT molecular complexity index is 1540. The average molecular weight is 507 g/mol. The molecule has 0 amide bonds. The van der Waals surface area contributed by atoms with Crippen LogP contribution in [0.15, 0.2) is 103 Å². The molecule has 4 aromatic carbocycles. The van der Waals surface area contributed by atoms with Crippen molar-refractivity contribution in [2.75, 3.05) is 6.61 Å². The van der Waals surface area contributed by atoms with E-state index < -0.39 is 12.6 Å². The Balaban J connectivity index is 0.00000336. The van der Waals surface area contributed by atoms with Gasteiger partial charge in [0.15, 0.2) is 6.61 Å². The molecule has 2 N–H and O–H groups in total. The molecule has 0 bridgehead atoms. The van der Waals surface area contributed by atoms with Gasteiger partial charge < -0.3 is 14.9 Å². The molecule has 1 heterocycles. The lowest BCUT2D eigenvalue weighted by Gasteiger charge is -2.14. The van der Waals surface area contributed by atoms with Crippen molar-refractivity contribution in [1.29, 1.82) is 0 Å². The van der Waals surface area contributed by atoms with Gasteiger partial charge in [-0.3, -0.25) is 0 Å². The third kappa shape index (κ3) is 5.30. The number of aliphatic carboxylic acids is 1. The summed E-state index contributed by atoms with van der Waals surface area (Å²) in [7, 11) is 0. The van der Waals surface area contributed by atoms with Crippen LogP contribution < -0.4 is 4.74 Å². The van der Waals surface area contributed by atoms with E-state index in [1.54, 1.807) is 18.2 Å². The predicted octanol–water partition coefficient (Wildman–Crippen LogP) is 7.24. The molecule has 0 fully saturated rings. The van der Waals surface area contributed by atoms with Crippen LogP contribution in [0.1, 0.15) is 20.0 Å². The molecule has 1 aromatic heterocycles. The fraction of sp³-hybridized carbons (Fsp3) is 0.125. The first kappa shape index (κ1) is 26.2. The maximum atomic E-state index is 11.0. The molecule has 6 nitrogen and oxygen atoms in total. The standard InChI is InChI=1S/C31H26N2O4.CH4/c1-2-27-30(21-9-4-3-5-10-21)31(22-15-17-24(34)18-16-22)32-33(27)28-14-7-6-13-26(28)23-11-8-12-25(19-23)37-20-29(35)36;/h3-19,34H,2,20H2,1H3,(H,35,36);1H4. The van der Waals surface area contributed by atoms with Gasteiger partial charge in [0.05, 0.1) is 11.4 Å². The van der Waals surface area contributed by atoms with Crippen molar-refractivity contribution in [2.45, 2.75) is 20.8 Å². The molecule has 0 radical (unpaired) electrons. The Morgan fingerprint density at radius 1 is 0.842 bits per heavy atom. The van der Waals surface area contributed by atoms with E-state index in [0.29, 0.717) is 5.75 Å². The van der Waals surface area contributed by atoms with Gasteiger partial charge in [-0.05, 0) is 60.0 Å². The second kappa shape index (κ2) is 11.5. The molecule has 192 valence electrons. The van der Waals surface area contributed by atoms with E-state index >= 15 is 0 Å². The second-order valence-electron chi connectivity index (χ2n) is 8.58. The van der Waals surface area contributed by atoms with Crippen LogP contribution in [0.25, 0.3) is 39.2 Å². The van der Waals surface area contributed by atoms with Gasteiger partial charge in [0.1, 0.15) is 17.2 Å². The quantitative estimate of drug-likeness (QED) is 0.232. The summed E-state index contributed by atoms with van der Waals surface area (Å²) in [5.41, 5.74) is 7.64. The third-order valence-corrected chi connectivity index (χ3v) is 6.16. The van der Waals surface area contributed by atoms with E-state index in [1.807, 2.05) is 77.5 Å². The highest BCUT2D eigenvalue weighted by atomic mass is 16.5. The van der Waals surface area contributed by atoms with Crippen molar-refractivity contribution in [3.05, 3.63) is 109 Å². The van der Waals surface area contributed by atoms with Gasteiger partial charge >= 0.3 is 5.97 Å². The summed E-state index contributed by atoms with van der Waals surface area (Å²) in [6, 6.07) is 32.7. The van der Waals surface area contributed by atoms with E-state index in [9.17, 15) is 9.90 Å². The van der Waals surface area contributed by atoms with E-state index in [2.05, 4.69) is 19.1 Å². The van der Waals surface area contributed by atoms with E-state index in [4.69, 9.17) is 14.9 Å². The number of para-hydroxylation sites is 1. The van der Waals surface area contributed by atoms with Crippen molar-refractivity contribution >= 4 is 5.97 Å². The smallest absolute Gasteiger partial charge is 0.341 e. The molecule has 0 aliphatic heterocycles.